The number of nitrogens with one attached hydrogen (secondary N) is 2. The number of aromatic nitrogens is 2. The lowest BCUT2D eigenvalue weighted by Crippen LogP contribution is -2.11. The van der Waals surface area contributed by atoms with Crippen molar-refractivity contribution in [3.05, 3.63) is 89.1 Å². The molecular weight excluding hydrogens is 470 g/mol. The smallest absolute Gasteiger partial charge is 0.291 e. The van der Waals surface area contributed by atoms with E-state index in [0.717, 1.165) is 26.6 Å². The maximum atomic E-state index is 12.9. The van der Waals surface area contributed by atoms with Crippen molar-refractivity contribution in [3.63, 3.8) is 0 Å². The summed E-state index contributed by atoms with van der Waals surface area (Å²) in [5.41, 5.74) is 4.06. The number of furan rings is 1. The number of fused-ring (bicyclic) bond motifs is 1. The Balaban J connectivity index is 1.42. The molecule has 0 aliphatic rings. The first-order valence-electron chi connectivity index (χ1n) is 9.91. The quantitative estimate of drug-likeness (QED) is 0.296. The van der Waals surface area contributed by atoms with Crippen molar-refractivity contribution >= 4 is 38.6 Å². The van der Waals surface area contributed by atoms with Crippen LogP contribution in [0.3, 0.4) is 0 Å². The molecule has 2 N–H and O–H groups in total. The molecule has 0 unspecified atom stereocenters. The van der Waals surface area contributed by atoms with Crippen molar-refractivity contribution in [1.82, 2.24) is 9.97 Å². The monoisotopic (exact) mass is 487 g/mol. The Hall–Kier alpha value is -3.84. The molecule has 32 heavy (non-hydrogen) atoms. The van der Waals surface area contributed by atoms with E-state index in [1.165, 1.54) is 0 Å². The lowest BCUT2D eigenvalue weighted by atomic mass is 10.1. The molecule has 7 heteroatoms. The third-order valence-electron chi connectivity index (χ3n) is 5.07. The standard InChI is InChI=1S/C25H18BrN3O3/c1-31-22-11-8-16(24-27-18-4-2-3-5-19(18)28-24)14-20(22)29-25(30)23-13-12-21(32-23)15-6-9-17(26)10-7-15/h2-14H,1H3,(H,27,28)(H,29,30). The fraction of sp³-hybridized carbons (Fsp3) is 0.0400. The topological polar surface area (TPSA) is 80.1 Å². The number of carbonyl (C=O) groups is 1. The highest BCUT2D eigenvalue weighted by Gasteiger charge is 2.16. The fourth-order valence-electron chi connectivity index (χ4n) is 3.46. The van der Waals surface area contributed by atoms with Crippen molar-refractivity contribution in [2.75, 3.05) is 12.4 Å². The lowest BCUT2D eigenvalue weighted by molar-refractivity contribution is 0.0997. The normalized spacial score (nSPS) is 10.9. The summed E-state index contributed by atoms with van der Waals surface area (Å²) in [7, 11) is 1.56. The zero-order valence-electron chi connectivity index (χ0n) is 17.1. The van der Waals surface area contributed by atoms with Crippen LogP contribution in [0, 0.1) is 0 Å². The van der Waals surface area contributed by atoms with Crippen molar-refractivity contribution in [2.45, 2.75) is 0 Å². The number of nitrogens with zero attached hydrogens (tertiary/aromatic N) is 1. The molecular formula is C25H18BrN3O3. The Morgan fingerprint density at radius 1 is 1.00 bits per heavy atom. The van der Waals surface area contributed by atoms with Gasteiger partial charge in [0.15, 0.2) is 5.76 Å². The molecule has 2 aromatic heterocycles. The molecule has 0 aliphatic carbocycles. The number of para-hydroxylation sites is 2. The Labute approximate surface area is 192 Å². The summed E-state index contributed by atoms with van der Waals surface area (Å²) in [6.45, 7) is 0. The number of rotatable bonds is 5. The van der Waals surface area contributed by atoms with Gasteiger partial charge in [-0.2, -0.15) is 0 Å². The van der Waals surface area contributed by atoms with E-state index in [0.29, 0.717) is 23.0 Å². The van der Waals surface area contributed by atoms with E-state index in [2.05, 4.69) is 31.2 Å². The molecule has 0 spiro atoms. The van der Waals surface area contributed by atoms with Gasteiger partial charge in [0.05, 0.1) is 23.8 Å². The van der Waals surface area contributed by atoms with Gasteiger partial charge < -0.3 is 19.5 Å². The van der Waals surface area contributed by atoms with Crippen LogP contribution >= 0.6 is 15.9 Å². The number of hydrogen-bond acceptors (Lipinski definition) is 4. The van der Waals surface area contributed by atoms with E-state index < -0.39 is 0 Å². The van der Waals surface area contributed by atoms with Gasteiger partial charge in [-0.25, -0.2) is 4.98 Å². The second-order valence-corrected chi connectivity index (χ2v) is 8.06. The highest BCUT2D eigenvalue weighted by atomic mass is 79.9. The minimum atomic E-state index is -0.367. The van der Waals surface area contributed by atoms with E-state index in [1.807, 2.05) is 60.7 Å². The molecule has 5 rings (SSSR count). The van der Waals surface area contributed by atoms with Crippen LogP contribution < -0.4 is 10.1 Å². The van der Waals surface area contributed by atoms with Crippen LogP contribution in [0.1, 0.15) is 10.6 Å². The van der Waals surface area contributed by atoms with Crippen molar-refractivity contribution < 1.29 is 13.9 Å². The SMILES string of the molecule is COc1ccc(-c2nc3ccccc3[nH]2)cc1NC(=O)c1ccc(-c2ccc(Br)cc2)o1. The van der Waals surface area contributed by atoms with Crippen LogP contribution in [0.2, 0.25) is 0 Å². The van der Waals surface area contributed by atoms with Gasteiger partial charge in [0.25, 0.3) is 5.91 Å². The predicted octanol–water partition coefficient (Wildman–Crippen LogP) is 6.51. The van der Waals surface area contributed by atoms with E-state index in [4.69, 9.17) is 9.15 Å². The van der Waals surface area contributed by atoms with E-state index >= 15 is 0 Å². The van der Waals surface area contributed by atoms with Crippen LogP contribution in [0.4, 0.5) is 5.69 Å². The predicted molar refractivity (Wildman–Crippen MR) is 128 cm³/mol. The van der Waals surface area contributed by atoms with Crippen LogP contribution in [0.25, 0.3) is 33.7 Å². The number of methoxy groups -OCH3 is 1. The van der Waals surface area contributed by atoms with Gasteiger partial charge in [0, 0.05) is 15.6 Å². The molecule has 158 valence electrons. The third-order valence-corrected chi connectivity index (χ3v) is 5.60. The van der Waals surface area contributed by atoms with Gasteiger partial charge in [0.2, 0.25) is 0 Å². The van der Waals surface area contributed by atoms with Crippen LogP contribution in [-0.4, -0.2) is 23.0 Å². The highest BCUT2D eigenvalue weighted by Crippen LogP contribution is 2.31. The van der Waals surface area contributed by atoms with Crippen LogP contribution in [0.15, 0.2) is 87.8 Å². The second kappa shape index (κ2) is 8.36. The molecule has 0 fully saturated rings. The summed E-state index contributed by atoms with van der Waals surface area (Å²) in [6, 6.07) is 24.5. The van der Waals surface area contributed by atoms with Crippen LogP contribution in [0.5, 0.6) is 5.75 Å². The van der Waals surface area contributed by atoms with E-state index in [-0.39, 0.29) is 11.7 Å². The molecule has 1 amide bonds. The fourth-order valence-corrected chi connectivity index (χ4v) is 3.72. The number of amides is 1. The molecule has 2 heterocycles. The molecule has 0 aliphatic heterocycles. The molecule has 3 aromatic carbocycles. The number of anilines is 1. The molecule has 0 radical (unpaired) electrons. The first kappa shape index (κ1) is 20.1. The zero-order chi connectivity index (χ0) is 22.1. The number of halogens is 1. The van der Waals surface area contributed by atoms with Gasteiger partial charge in [-0.3, -0.25) is 4.79 Å². The minimum Gasteiger partial charge on any atom is -0.495 e. The summed E-state index contributed by atoms with van der Waals surface area (Å²) < 4.78 is 12.2. The summed E-state index contributed by atoms with van der Waals surface area (Å²) in [6.07, 6.45) is 0. The number of H-pyrrole nitrogens is 1. The minimum absolute atomic E-state index is 0.208. The number of carbonyl (C=O) groups excluding carboxylic acids is 1. The number of benzene rings is 3. The maximum Gasteiger partial charge on any atom is 0.291 e. The third kappa shape index (κ3) is 3.90. The maximum absolute atomic E-state index is 12.9. The summed E-state index contributed by atoms with van der Waals surface area (Å²) >= 11 is 3.42. The Bertz CT molecular complexity index is 1390. The number of imidazole rings is 1. The van der Waals surface area contributed by atoms with E-state index in [1.54, 1.807) is 25.3 Å². The van der Waals surface area contributed by atoms with Crippen molar-refractivity contribution in [2.24, 2.45) is 0 Å². The first-order valence-corrected chi connectivity index (χ1v) is 10.7. The highest BCUT2D eigenvalue weighted by molar-refractivity contribution is 9.10. The summed E-state index contributed by atoms with van der Waals surface area (Å²) in [5, 5.41) is 2.89. The first-order chi connectivity index (χ1) is 15.6. The molecule has 0 saturated carbocycles. The van der Waals surface area contributed by atoms with Crippen LogP contribution in [-0.2, 0) is 0 Å². The zero-order valence-corrected chi connectivity index (χ0v) is 18.6. The number of aromatic amines is 1. The molecule has 0 saturated heterocycles. The second-order valence-electron chi connectivity index (χ2n) is 7.14. The van der Waals surface area contributed by atoms with Gasteiger partial charge in [-0.05, 0) is 54.6 Å². The van der Waals surface area contributed by atoms with Gasteiger partial charge in [0.1, 0.15) is 17.3 Å². The average Bonchev–Trinajstić information content (AvgIpc) is 3.47. The number of hydrogen-bond donors (Lipinski definition) is 2. The Kier molecular flexibility index (Phi) is 5.25. The summed E-state index contributed by atoms with van der Waals surface area (Å²) in [4.78, 5) is 20.8. The van der Waals surface area contributed by atoms with Crippen molar-refractivity contribution in [3.8, 4) is 28.5 Å². The van der Waals surface area contributed by atoms with E-state index in [9.17, 15) is 4.79 Å². The average molecular weight is 488 g/mol. The van der Waals surface area contributed by atoms with Gasteiger partial charge in [-0.15, -0.1) is 0 Å². The Morgan fingerprint density at radius 2 is 1.78 bits per heavy atom. The van der Waals surface area contributed by atoms with Gasteiger partial charge >= 0.3 is 0 Å². The molecule has 5 aromatic rings. The Morgan fingerprint density at radius 3 is 2.56 bits per heavy atom. The molecule has 0 atom stereocenters. The lowest BCUT2D eigenvalue weighted by Gasteiger charge is -2.10. The number of ether oxygens (including phenoxy) is 1. The molecule has 0 bridgehead atoms. The van der Waals surface area contributed by atoms with Crippen molar-refractivity contribution in [1.29, 1.82) is 0 Å². The summed E-state index contributed by atoms with van der Waals surface area (Å²) in [5.74, 6) is 1.70. The largest absolute Gasteiger partial charge is 0.495 e. The van der Waals surface area contributed by atoms with Gasteiger partial charge in [-0.1, -0.05) is 40.2 Å². The molecule has 6 nitrogen and oxygen atoms in total.